The van der Waals surface area contributed by atoms with E-state index in [1.807, 2.05) is 11.0 Å². The van der Waals surface area contributed by atoms with E-state index in [0.717, 1.165) is 30.6 Å². The summed E-state index contributed by atoms with van der Waals surface area (Å²) in [6, 6.07) is 1.61. The Hall–Kier alpha value is -1.27. The molecule has 3 unspecified atom stereocenters. The lowest BCUT2D eigenvalue weighted by atomic mass is 9.85. The van der Waals surface area contributed by atoms with Crippen LogP contribution < -0.4 is 0 Å². The topological polar surface area (TPSA) is 59.8 Å². The van der Waals surface area contributed by atoms with Crippen LogP contribution in [0.15, 0.2) is 23.0 Å². The van der Waals surface area contributed by atoms with Crippen LogP contribution in [0.1, 0.15) is 56.9 Å². The molecule has 1 aromatic heterocycles. The van der Waals surface area contributed by atoms with Gasteiger partial charge in [0.15, 0.2) is 5.78 Å². The predicted molar refractivity (Wildman–Crippen MR) is 104 cm³/mol. The molecule has 3 aliphatic rings. The Morgan fingerprint density at radius 3 is 2.85 bits per heavy atom. The van der Waals surface area contributed by atoms with Crippen LogP contribution >= 0.6 is 11.8 Å². The first-order valence-electron chi connectivity index (χ1n) is 10.3. The van der Waals surface area contributed by atoms with E-state index in [4.69, 9.17) is 9.15 Å². The van der Waals surface area contributed by atoms with Gasteiger partial charge in [0.2, 0.25) is 5.91 Å². The van der Waals surface area contributed by atoms with Crippen LogP contribution in [0.4, 0.5) is 0 Å². The molecule has 2 saturated heterocycles. The van der Waals surface area contributed by atoms with Gasteiger partial charge in [0.25, 0.3) is 0 Å². The molecule has 3 fully saturated rings. The second-order valence-electron chi connectivity index (χ2n) is 8.11. The smallest absolute Gasteiger partial charge is 0.236 e. The normalized spacial score (nSPS) is 27.6. The number of carbonyl (C=O) groups is 2. The maximum Gasteiger partial charge on any atom is 0.236 e. The molecule has 1 amide bonds. The van der Waals surface area contributed by atoms with Gasteiger partial charge in [-0.1, -0.05) is 32.1 Å². The first-order chi connectivity index (χ1) is 13.2. The number of ketones is 1. The summed E-state index contributed by atoms with van der Waals surface area (Å²) in [6.07, 6.45) is 12.4. The van der Waals surface area contributed by atoms with Crippen LogP contribution in [0.3, 0.4) is 0 Å². The zero-order chi connectivity index (χ0) is 18.6. The highest BCUT2D eigenvalue weighted by Gasteiger charge is 2.45. The molecule has 5 nitrogen and oxygen atoms in total. The summed E-state index contributed by atoms with van der Waals surface area (Å²) in [5, 5.41) is -0.0878. The van der Waals surface area contributed by atoms with Crippen molar-refractivity contribution in [3.63, 3.8) is 0 Å². The molecule has 0 aromatic carbocycles. The highest BCUT2D eigenvalue weighted by molar-refractivity contribution is 7.99. The third kappa shape index (κ3) is 4.43. The number of thioether (sulfide) groups is 1. The summed E-state index contributed by atoms with van der Waals surface area (Å²) in [4.78, 5) is 27.7. The van der Waals surface area contributed by atoms with Gasteiger partial charge in [0.1, 0.15) is 12.6 Å². The highest BCUT2D eigenvalue weighted by Crippen LogP contribution is 2.35. The van der Waals surface area contributed by atoms with E-state index < -0.39 is 0 Å². The number of hydrogen-bond acceptors (Lipinski definition) is 5. The second kappa shape index (κ2) is 8.82. The summed E-state index contributed by atoms with van der Waals surface area (Å²) in [7, 11) is 0. The lowest BCUT2D eigenvalue weighted by Gasteiger charge is -2.38. The minimum Gasteiger partial charge on any atom is -0.472 e. The lowest BCUT2D eigenvalue weighted by molar-refractivity contribution is -0.140. The van der Waals surface area contributed by atoms with Gasteiger partial charge in [-0.3, -0.25) is 9.59 Å². The standard InChI is InChI=1S/C21H29NO4S/c23-17-13-26-18-7-4-9-22(20(17)18)21(24)19(11-15-5-2-1-3-6-15)27-14-16-8-10-25-12-16/h8,10,12,15,18-20H,1-7,9,11,13-14H2. The Kier molecular flexibility index (Phi) is 6.23. The largest absolute Gasteiger partial charge is 0.472 e. The minimum absolute atomic E-state index is 0.0734. The minimum atomic E-state index is -0.352. The van der Waals surface area contributed by atoms with Gasteiger partial charge < -0.3 is 14.1 Å². The number of amides is 1. The van der Waals surface area contributed by atoms with Crippen LogP contribution in [0.5, 0.6) is 0 Å². The van der Waals surface area contributed by atoms with Gasteiger partial charge in [-0.25, -0.2) is 0 Å². The molecule has 6 heteroatoms. The molecule has 3 atom stereocenters. The van der Waals surface area contributed by atoms with Crippen LogP contribution in [0.25, 0.3) is 0 Å². The number of hydrogen-bond donors (Lipinski definition) is 0. The van der Waals surface area contributed by atoms with Gasteiger partial charge in [-0.15, -0.1) is 11.8 Å². The fourth-order valence-corrected chi connectivity index (χ4v) is 6.00. The lowest BCUT2D eigenvalue weighted by Crippen LogP contribution is -2.54. The van der Waals surface area contributed by atoms with E-state index in [2.05, 4.69) is 0 Å². The summed E-state index contributed by atoms with van der Waals surface area (Å²) < 4.78 is 10.8. The molecule has 3 heterocycles. The maximum atomic E-state index is 13.5. The van der Waals surface area contributed by atoms with Gasteiger partial charge >= 0.3 is 0 Å². The molecular formula is C21H29NO4S. The van der Waals surface area contributed by atoms with Crippen molar-refractivity contribution in [2.24, 2.45) is 5.92 Å². The van der Waals surface area contributed by atoms with Crippen molar-refractivity contribution >= 4 is 23.5 Å². The Bertz CT molecular complexity index is 641. The first-order valence-corrected chi connectivity index (χ1v) is 11.3. The van der Waals surface area contributed by atoms with Crippen LogP contribution in [0.2, 0.25) is 0 Å². The van der Waals surface area contributed by atoms with Crippen LogP contribution in [0, 0.1) is 5.92 Å². The fourth-order valence-electron chi connectivity index (χ4n) is 4.76. The third-order valence-electron chi connectivity index (χ3n) is 6.21. The van der Waals surface area contributed by atoms with E-state index in [1.165, 1.54) is 32.1 Å². The summed E-state index contributed by atoms with van der Waals surface area (Å²) in [5.41, 5.74) is 1.11. The molecular weight excluding hydrogens is 362 g/mol. The van der Waals surface area contributed by atoms with E-state index in [9.17, 15) is 9.59 Å². The number of Topliss-reactive ketones (excluding diaryl/α,β-unsaturated/α-hetero) is 1. The molecule has 27 heavy (non-hydrogen) atoms. The van der Waals surface area contributed by atoms with Crippen molar-refractivity contribution in [1.29, 1.82) is 0 Å². The monoisotopic (exact) mass is 391 g/mol. The molecule has 1 aliphatic carbocycles. The Morgan fingerprint density at radius 2 is 2.07 bits per heavy atom. The van der Waals surface area contributed by atoms with Crippen molar-refractivity contribution in [2.45, 2.75) is 74.5 Å². The maximum absolute atomic E-state index is 13.5. The average Bonchev–Trinajstić information content (AvgIpc) is 3.35. The van der Waals surface area contributed by atoms with E-state index >= 15 is 0 Å². The quantitative estimate of drug-likeness (QED) is 0.738. The van der Waals surface area contributed by atoms with E-state index in [0.29, 0.717) is 12.5 Å². The van der Waals surface area contributed by atoms with E-state index in [-0.39, 0.29) is 35.7 Å². The summed E-state index contributed by atoms with van der Waals surface area (Å²) in [6.45, 7) is 0.844. The molecule has 148 valence electrons. The number of carbonyl (C=O) groups excluding carboxylic acids is 2. The number of rotatable bonds is 6. The Balaban J connectivity index is 1.47. The van der Waals surface area contributed by atoms with Gasteiger partial charge in [-0.2, -0.15) is 0 Å². The van der Waals surface area contributed by atoms with Crippen molar-refractivity contribution in [3.8, 4) is 0 Å². The molecule has 0 radical (unpaired) electrons. The molecule has 0 N–H and O–H groups in total. The summed E-state index contributed by atoms with van der Waals surface area (Å²) >= 11 is 1.71. The molecule has 1 aromatic rings. The predicted octanol–water partition coefficient (Wildman–Crippen LogP) is 3.81. The first kappa shape index (κ1) is 19.1. The number of fused-ring (bicyclic) bond motifs is 1. The fraction of sp³-hybridized carbons (Fsp3) is 0.714. The number of likely N-dealkylation sites (tertiary alicyclic amines) is 1. The van der Waals surface area contributed by atoms with Crippen LogP contribution in [-0.4, -0.2) is 47.1 Å². The van der Waals surface area contributed by atoms with Crippen LogP contribution in [-0.2, 0) is 20.1 Å². The second-order valence-corrected chi connectivity index (χ2v) is 9.30. The van der Waals surface area contributed by atoms with Crippen molar-refractivity contribution < 1.29 is 18.7 Å². The number of furan rings is 1. The SMILES string of the molecule is O=C1COC2CCCN(C(=O)C(CC3CCCCC3)SCc3ccoc3)C12. The van der Waals surface area contributed by atoms with E-state index in [1.54, 1.807) is 24.3 Å². The van der Waals surface area contributed by atoms with Gasteiger partial charge in [0, 0.05) is 17.9 Å². The van der Waals surface area contributed by atoms with Crippen molar-refractivity contribution in [3.05, 3.63) is 24.2 Å². The number of ether oxygens (including phenoxy) is 1. The third-order valence-corrected chi connectivity index (χ3v) is 7.50. The molecule has 1 saturated carbocycles. The average molecular weight is 392 g/mol. The highest BCUT2D eigenvalue weighted by atomic mass is 32.2. The summed E-state index contributed by atoms with van der Waals surface area (Å²) in [5.74, 6) is 1.61. The number of nitrogens with zero attached hydrogens (tertiary/aromatic N) is 1. The van der Waals surface area contributed by atoms with Gasteiger partial charge in [-0.05, 0) is 31.2 Å². The molecule has 2 aliphatic heterocycles. The molecule has 4 rings (SSSR count). The van der Waals surface area contributed by atoms with Crippen molar-refractivity contribution in [2.75, 3.05) is 13.2 Å². The molecule has 0 bridgehead atoms. The Morgan fingerprint density at radius 1 is 1.22 bits per heavy atom. The molecule has 0 spiro atoms. The number of piperidine rings is 1. The zero-order valence-corrected chi connectivity index (χ0v) is 16.6. The van der Waals surface area contributed by atoms with Crippen molar-refractivity contribution in [1.82, 2.24) is 4.90 Å². The van der Waals surface area contributed by atoms with Gasteiger partial charge in [0.05, 0.1) is 23.9 Å². The Labute approximate surface area is 165 Å². The zero-order valence-electron chi connectivity index (χ0n) is 15.8.